The molecule has 0 amide bonds. The lowest BCUT2D eigenvalue weighted by Gasteiger charge is -2.23. The number of benzene rings is 1. The van der Waals surface area contributed by atoms with Crippen molar-refractivity contribution < 1.29 is 8.42 Å². The molecule has 0 N–H and O–H groups in total. The largest absolute Gasteiger partial charge is 0.369 e. The molecular weight excluding hydrogens is 368 g/mol. The average Bonchev–Trinajstić information content (AvgIpc) is 2.92. The predicted octanol–water partition coefficient (Wildman–Crippen LogP) is 3.37. The zero-order chi connectivity index (χ0) is 18.7. The third-order valence-corrected chi connectivity index (χ3v) is 7.38. The molecule has 1 aliphatic rings. The van der Waals surface area contributed by atoms with Crippen LogP contribution in [0.3, 0.4) is 0 Å². The highest BCUT2D eigenvalue weighted by atomic mass is 32.2. The summed E-state index contributed by atoms with van der Waals surface area (Å²) in [5.41, 5.74) is 2.04. The number of aryl methyl sites for hydroxylation is 1. The maximum atomic E-state index is 13.3. The van der Waals surface area contributed by atoms with E-state index in [0.29, 0.717) is 11.5 Å². The fraction of sp³-hybridized carbons (Fsp3) is 0.333. The van der Waals surface area contributed by atoms with Crippen molar-refractivity contribution in [2.75, 3.05) is 24.9 Å². The smallest absolute Gasteiger partial charge is 0.273 e. The van der Waals surface area contributed by atoms with E-state index in [4.69, 9.17) is 0 Å². The monoisotopic (exact) mass is 388 g/mol. The Morgan fingerprint density at radius 3 is 2.81 bits per heavy atom. The van der Waals surface area contributed by atoms with Crippen LogP contribution in [-0.4, -0.2) is 40.3 Å². The summed E-state index contributed by atoms with van der Waals surface area (Å²) in [6.07, 6.45) is 4.18. The topological polar surface area (TPSA) is 76.8 Å². The summed E-state index contributed by atoms with van der Waals surface area (Å²) in [5, 5.41) is 9.74. The summed E-state index contributed by atoms with van der Waals surface area (Å²) in [4.78, 5) is 5.97. The van der Waals surface area contributed by atoms with Gasteiger partial charge in [0.1, 0.15) is 15.3 Å². The first-order valence-electron chi connectivity index (χ1n) is 8.28. The SMILES string of the molecule is CN(C)C=Nc1sc(S(=O)(=O)N2CCCCc3ccccc32)cc1C#N. The Morgan fingerprint density at radius 2 is 2.08 bits per heavy atom. The molecule has 3 rings (SSSR count). The van der Waals surface area contributed by atoms with Crippen LogP contribution in [-0.2, 0) is 16.4 Å². The minimum absolute atomic E-state index is 0.150. The number of nitrogens with zero attached hydrogens (tertiary/aromatic N) is 4. The van der Waals surface area contributed by atoms with Crippen LogP contribution >= 0.6 is 11.3 Å². The first-order valence-corrected chi connectivity index (χ1v) is 10.5. The second-order valence-electron chi connectivity index (χ2n) is 6.27. The molecule has 8 heteroatoms. The Bertz CT molecular complexity index is 971. The van der Waals surface area contributed by atoms with Gasteiger partial charge in [-0.25, -0.2) is 13.4 Å². The number of nitriles is 1. The molecule has 0 spiro atoms. The molecule has 0 unspecified atom stereocenters. The third-order valence-electron chi connectivity index (χ3n) is 4.08. The van der Waals surface area contributed by atoms with E-state index in [1.54, 1.807) is 11.2 Å². The second kappa shape index (κ2) is 7.48. The molecule has 2 heterocycles. The first kappa shape index (κ1) is 18.4. The van der Waals surface area contributed by atoms with Crippen molar-refractivity contribution in [3.05, 3.63) is 41.5 Å². The molecule has 0 fully saturated rings. The minimum Gasteiger partial charge on any atom is -0.369 e. The van der Waals surface area contributed by atoms with E-state index >= 15 is 0 Å². The van der Waals surface area contributed by atoms with Crippen molar-refractivity contribution in [3.63, 3.8) is 0 Å². The lowest BCUT2D eigenvalue weighted by atomic mass is 10.1. The Balaban J connectivity index is 2.05. The van der Waals surface area contributed by atoms with Crippen molar-refractivity contribution in [2.24, 2.45) is 4.99 Å². The predicted molar refractivity (Wildman–Crippen MR) is 105 cm³/mol. The van der Waals surface area contributed by atoms with Gasteiger partial charge in [-0.3, -0.25) is 4.31 Å². The zero-order valence-corrected chi connectivity index (χ0v) is 16.3. The van der Waals surface area contributed by atoms with E-state index in [2.05, 4.69) is 4.99 Å². The second-order valence-corrected chi connectivity index (χ2v) is 9.39. The number of hydrogen-bond acceptors (Lipinski definition) is 5. The van der Waals surface area contributed by atoms with E-state index in [9.17, 15) is 13.7 Å². The fourth-order valence-electron chi connectivity index (χ4n) is 2.85. The maximum Gasteiger partial charge on any atom is 0.273 e. The van der Waals surface area contributed by atoms with Crippen LogP contribution < -0.4 is 4.31 Å². The van der Waals surface area contributed by atoms with Gasteiger partial charge in [-0.1, -0.05) is 18.2 Å². The van der Waals surface area contributed by atoms with Gasteiger partial charge < -0.3 is 4.90 Å². The van der Waals surface area contributed by atoms with Crippen LogP contribution in [0.25, 0.3) is 0 Å². The summed E-state index contributed by atoms with van der Waals surface area (Å²) in [6.45, 7) is 0.440. The molecule has 0 aliphatic carbocycles. The molecule has 6 nitrogen and oxygen atoms in total. The minimum atomic E-state index is -3.74. The van der Waals surface area contributed by atoms with E-state index < -0.39 is 10.0 Å². The van der Waals surface area contributed by atoms with E-state index in [1.807, 2.05) is 44.4 Å². The van der Waals surface area contributed by atoms with Gasteiger partial charge in [0, 0.05) is 20.6 Å². The summed E-state index contributed by atoms with van der Waals surface area (Å²) in [7, 11) is -0.107. The summed E-state index contributed by atoms with van der Waals surface area (Å²) in [6, 6.07) is 11.1. The molecule has 0 radical (unpaired) electrons. The zero-order valence-electron chi connectivity index (χ0n) is 14.7. The summed E-state index contributed by atoms with van der Waals surface area (Å²) < 4.78 is 28.2. The van der Waals surface area contributed by atoms with Crippen LogP contribution in [0.1, 0.15) is 24.0 Å². The highest BCUT2D eigenvalue weighted by Crippen LogP contribution is 2.37. The number of rotatable bonds is 4. The van der Waals surface area contributed by atoms with Gasteiger partial charge >= 0.3 is 0 Å². The molecule has 136 valence electrons. The molecule has 1 aromatic heterocycles. The summed E-state index contributed by atoms with van der Waals surface area (Å²) in [5.74, 6) is 0. The van der Waals surface area contributed by atoms with E-state index in [1.165, 1.54) is 10.4 Å². The molecule has 1 aromatic carbocycles. The lowest BCUT2D eigenvalue weighted by Crippen LogP contribution is -2.31. The van der Waals surface area contributed by atoms with Gasteiger partial charge in [0.05, 0.1) is 17.6 Å². The molecule has 0 saturated carbocycles. The lowest BCUT2D eigenvalue weighted by molar-refractivity contribution is 0.591. The maximum absolute atomic E-state index is 13.3. The molecule has 1 aliphatic heterocycles. The highest BCUT2D eigenvalue weighted by Gasteiger charge is 2.30. The van der Waals surface area contributed by atoms with Crippen LogP contribution in [0.15, 0.2) is 39.5 Å². The molecule has 2 aromatic rings. The van der Waals surface area contributed by atoms with Gasteiger partial charge in [-0.2, -0.15) is 5.26 Å². The van der Waals surface area contributed by atoms with E-state index in [-0.39, 0.29) is 9.77 Å². The fourth-order valence-corrected chi connectivity index (χ4v) is 5.75. The number of hydrogen-bond donors (Lipinski definition) is 0. The number of para-hydroxylation sites is 1. The van der Waals surface area contributed by atoms with Crippen molar-refractivity contribution in [3.8, 4) is 6.07 Å². The number of thiophene rings is 1. The van der Waals surface area contributed by atoms with Crippen molar-refractivity contribution >= 4 is 38.4 Å². The molecule has 26 heavy (non-hydrogen) atoms. The van der Waals surface area contributed by atoms with Gasteiger partial charge in [0.25, 0.3) is 10.0 Å². The summed E-state index contributed by atoms with van der Waals surface area (Å²) >= 11 is 1.03. The van der Waals surface area contributed by atoms with Crippen LogP contribution in [0.4, 0.5) is 10.7 Å². The quantitative estimate of drug-likeness (QED) is 0.594. The highest BCUT2D eigenvalue weighted by molar-refractivity contribution is 7.94. The Morgan fingerprint density at radius 1 is 1.31 bits per heavy atom. The standard InChI is InChI=1S/C18H20N4O2S2/c1-21(2)13-20-18-15(12-19)11-17(25-18)26(23,24)22-10-6-5-8-14-7-3-4-9-16(14)22/h3-4,7,9,11,13H,5-6,8,10H2,1-2H3. The normalized spacial score (nSPS) is 14.7. The van der Waals surface area contributed by atoms with Gasteiger partial charge in [0.15, 0.2) is 0 Å². The third kappa shape index (κ3) is 3.59. The van der Waals surface area contributed by atoms with E-state index in [0.717, 1.165) is 41.9 Å². The number of aliphatic imine (C=N–C) groups is 1. The molecule has 0 atom stereocenters. The first-order chi connectivity index (χ1) is 12.4. The number of sulfonamides is 1. The molecular formula is C18H20N4O2S2. The Hall–Kier alpha value is -2.37. The van der Waals surface area contributed by atoms with Crippen molar-refractivity contribution in [1.29, 1.82) is 5.26 Å². The van der Waals surface area contributed by atoms with Crippen molar-refractivity contribution in [1.82, 2.24) is 4.90 Å². The average molecular weight is 389 g/mol. The molecule has 0 bridgehead atoms. The van der Waals surface area contributed by atoms with Crippen molar-refractivity contribution in [2.45, 2.75) is 23.5 Å². The van der Waals surface area contributed by atoms with Gasteiger partial charge in [0.2, 0.25) is 0 Å². The molecule has 0 saturated heterocycles. The van der Waals surface area contributed by atoms with Crippen LogP contribution in [0.5, 0.6) is 0 Å². The Labute approximate surface area is 158 Å². The van der Waals surface area contributed by atoms with Gasteiger partial charge in [-0.15, -0.1) is 11.3 Å². The van der Waals surface area contributed by atoms with Crippen LogP contribution in [0.2, 0.25) is 0 Å². The van der Waals surface area contributed by atoms with Gasteiger partial charge in [-0.05, 0) is 37.0 Å². The number of fused-ring (bicyclic) bond motifs is 1. The number of anilines is 1. The van der Waals surface area contributed by atoms with Crippen LogP contribution in [0, 0.1) is 11.3 Å². The Kier molecular flexibility index (Phi) is 5.30.